The molecule has 0 spiro atoms. The van der Waals surface area contributed by atoms with Crippen molar-refractivity contribution in [2.24, 2.45) is 17.3 Å². The van der Waals surface area contributed by atoms with E-state index < -0.39 is 26.9 Å². The van der Waals surface area contributed by atoms with Gasteiger partial charge in [0.2, 0.25) is 10.4 Å². The van der Waals surface area contributed by atoms with Gasteiger partial charge in [-0.1, -0.05) is 13.0 Å². The standard InChI is InChI=1S/C18H24O8S2.2K/c1-18-9-8-14-13-5-3-12(25-27(19,20)21)10-11(13)2-4-15(14)16(18)6-7-17(18)26-28(22,23)24;;/h3,5,10,14-17H,2,4,6-9H2,1H3,(H,19,20,21)(H,22,23,24);;/q;2*+1/p-2/t14-,15-,16+,17+,18+;;/m1../s1. The van der Waals surface area contributed by atoms with Gasteiger partial charge in [0, 0.05) is 0 Å². The van der Waals surface area contributed by atoms with Gasteiger partial charge in [0.25, 0.3) is 10.4 Å². The molecule has 30 heavy (non-hydrogen) atoms. The van der Waals surface area contributed by atoms with Crippen molar-refractivity contribution in [2.75, 3.05) is 0 Å². The molecule has 0 amide bonds. The Balaban J connectivity index is 0.00000160. The van der Waals surface area contributed by atoms with Gasteiger partial charge in [-0.2, -0.15) is 0 Å². The summed E-state index contributed by atoms with van der Waals surface area (Å²) in [4.78, 5) is 0. The molecule has 0 radical (unpaired) electrons. The molecule has 0 aliphatic heterocycles. The first-order valence-corrected chi connectivity index (χ1v) is 12.1. The summed E-state index contributed by atoms with van der Waals surface area (Å²) < 4.78 is 75.2. The Hall–Kier alpha value is 2.07. The van der Waals surface area contributed by atoms with Crippen molar-refractivity contribution < 1.29 is 137 Å². The summed E-state index contributed by atoms with van der Waals surface area (Å²) in [6.07, 6.45) is 4.01. The Bertz CT molecular complexity index is 997. The number of aryl methyl sites for hydroxylation is 1. The normalized spacial score (nSPS) is 32.6. The molecule has 4 rings (SSSR count). The average molecular weight is 509 g/mol. The number of rotatable bonds is 4. The van der Waals surface area contributed by atoms with Crippen LogP contribution < -0.4 is 107 Å². The molecule has 3 aliphatic rings. The largest absolute Gasteiger partial charge is 1.00 e. The van der Waals surface area contributed by atoms with Crippen molar-refractivity contribution in [3.05, 3.63) is 29.3 Å². The topological polar surface area (TPSA) is 133 Å². The van der Waals surface area contributed by atoms with E-state index in [1.807, 2.05) is 13.0 Å². The predicted octanol–water partition coefficient (Wildman–Crippen LogP) is -3.76. The fourth-order valence-electron chi connectivity index (χ4n) is 5.98. The first-order valence-electron chi connectivity index (χ1n) is 9.38. The van der Waals surface area contributed by atoms with Gasteiger partial charge < -0.3 is 13.3 Å². The van der Waals surface area contributed by atoms with Crippen LogP contribution in [-0.4, -0.2) is 32.0 Å². The SMILES string of the molecule is C[C@]12CC[C@@H]3c4ccc(OS(=O)(=O)[O-])cc4CC[C@H]3[C@@H]1CC[C@@H]2OS(=O)(=O)[O-].[K+].[K+]. The van der Waals surface area contributed by atoms with Crippen molar-refractivity contribution in [2.45, 2.75) is 57.5 Å². The predicted molar refractivity (Wildman–Crippen MR) is 96.0 cm³/mol. The van der Waals surface area contributed by atoms with Crippen LogP contribution in [0, 0.1) is 17.3 Å². The molecular formula is C18H22K2O8S2. The summed E-state index contributed by atoms with van der Waals surface area (Å²) in [5.74, 6) is 0.929. The minimum absolute atomic E-state index is 0. The molecule has 156 valence electrons. The molecule has 8 nitrogen and oxygen atoms in total. The first kappa shape index (κ1) is 28.3. The van der Waals surface area contributed by atoms with Crippen LogP contribution in [-0.2, 0) is 31.4 Å². The number of hydrogen-bond acceptors (Lipinski definition) is 8. The van der Waals surface area contributed by atoms with Gasteiger partial charge in [0.05, 0.1) is 6.10 Å². The van der Waals surface area contributed by atoms with E-state index in [9.17, 15) is 25.9 Å². The Morgan fingerprint density at radius 3 is 2.33 bits per heavy atom. The molecule has 0 bridgehead atoms. The molecule has 2 saturated carbocycles. The summed E-state index contributed by atoms with van der Waals surface area (Å²) in [6.45, 7) is 2.03. The minimum atomic E-state index is -4.81. The van der Waals surface area contributed by atoms with Crippen molar-refractivity contribution in [3.8, 4) is 5.75 Å². The van der Waals surface area contributed by atoms with E-state index in [-0.39, 0.29) is 126 Å². The van der Waals surface area contributed by atoms with Gasteiger partial charge in [-0.15, -0.1) is 0 Å². The van der Waals surface area contributed by atoms with Crippen LogP contribution in [0.25, 0.3) is 0 Å². The summed E-state index contributed by atoms with van der Waals surface area (Å²) >= 11 is 0. The molecule has 0 saturated heterocycles. The van der Waals surface area contributed by atoms with Gasteiger partial charge in [-0.25, -0.2) is 16.8 Å². The fraction of sp³-hybridized carbons (Fsp3) is 0.667. The Kier molecular flexibility index (Phi) is 9.78. The maximum Gasteiger partial charge on any atom is 1.00 e. The van der Waals surface area contributed by atoms with Crippen molar-refractivity contribution >= 4 is 20.8 Å². The molecule has 1 aromatic rings. The number of hydrogen-bond donors (Lipinski definition) is 0. The van der Waals surface area contributed by atoms with Crippen LogP contribution in [0.2, 0.25) is 0 Å². The van der Waals surface area contributed by atoms with Crippen molar-refractivity contribution in [1.29, 1.82) is 0 Å². The summed E-state index contributed by atoms with van der Waals surface area (Å²) in [5, 5.41) is 0. The fourth-order valence-corrected chi connectivity index (χ4v) is 6.92. The van der Waals surface area contributed by atoms with Gasteiger partial charge in [0.15, 0.2) is 0 Å². The molecule has 0 heterocycles. The zero-order valence-electron chi connectivity index (χ0n) is 17.4. The molecule has 0 N–H and O–H groups in total. The van der Waals surface area contributed by atoms with Crippen molar-refractivity contribution in [1.82, 2.24) is 0 Å². The van der Waals surface area contributed by atoms with E-state index >= 15 is 0 Å². The van der Waals surface area contributed by atoms with Crippen LogP contribution in [0.15, 0.2) is 18.2 Å². The molecule has 0 unspecified atom stereocenters. The van der Waals surface area contributed by atoms with Gasteiger partial charge >= 0.3 is 103 Å². The zero-order chi connectivity index (χ0) is 20.3. The number of fused-ring (bicyclic) bond motifs is 5. The third-order valence-electron chi connectivity index (χ3n) is 7.04. The monoisotopic (exact) mass is 508 g/mol. The van der Waals surface area contributed by atoms with Gasteiger partial charge in [0.1, 0.15) is 5.75 Å². The molecule has 1 aromatic carbocycles. The van der Waals surface area contributed by atoms with E-state index in [0.717, 1.165) is 43.2 Å². The van der Waals surface area contributed by atoms with Crippen LogP contribution in [0.5, 0.6) is 5.75 Å². The average Bonchev–Trinajstić information content (AvgIpc) is 2.88. The molecule has 3 aliphatic carbocycles. The first-order chi connectivity index (χ1) is 13.0. The number of benzene rings is 1. The second-order valence-electron chi connectivity index (χ2n) is 8.38. The van der Waals surface area contributed by atoms with Crippen molar-refractivity contribution in [3.63, 3.8) is 0 Å². The Morgan fingerprint density at radius 2 is 1.70 bits per heavy atom. The van der Waals surface area contributed by atoms with Crippen LogP contribution >= 0.6 is 0 Å². The molecule has 5 atom stereocenters. The smallest absolute Gasteiger partial charge is 0.726 e. The third kappa shape index (κ3) is 6.00. The minimum Gasteiger partial charge on any atom is -0.726 e. The molecule has 2 fully saturated rings. The molecule has 12 heteroatoms. The van der Waals surface area contributed by atoms with E-state index in [4.69, 9.17) is 4.18 Å². The van der Waals surface area contributed by atoms with E-state index in [1.165, 1.54) is 6.07 Å². The Morgan fingerprint density at radius 1 is 1.00 bits per heavy atom. The van der Waals surface area contributed by atoms with Crippen LogP contribution in [0.1, 0.15) is 56.1 Å². The van der Waals surface area contributed by atoms with E-state index in [2.05, 4.69) is 4.18 Å². The third-order valence-corrected chi connectivity index (χ3v) is 7.91. The maximum absolute atomic E-state index is 11.1. The quantitative estimate of drug-likeness (QED) is 0.230. The molecule has 0 aromatic heterocycles. The maximum atomic E-state index is 11.1. The van der Waals surface area contributed by atoms with E-state index in [1.54, 1.807) is 6.07 Å². The van der Waals surface area contributed by atoms with Gasteiger partial charge in [-0.05, 0) is 85.0 Å². The van der Waals surface area contributed by atoms with E-state index in [0.29, 0.717) is 12.3 Å². The second kappa shape index (κ2) is 10.4. The summed E-state index contributed by atoms with van der Waals surface area (Å²) in [6, 6.07) is 4.97. The second-order valence-corrected chi connectivity index (χ2v) is 10.4. The Labute approximate surface area is 263 Å². The van der Waals surface area contributed by atoms with Gasteiger partial charge in [-0.3, -0.25) is 4.18 Å². The zero-order valence-corrected chi connectivity index (χ0v) is 25.2. The molecular weight excluding hydrogens is 487 g/mol. The van der Waals surface area contributed by atoms with Crippen LogP contribution in [0.4, 0.5) is 0 Å². The van der Waals surface area contributed by atoms with Crippen LogP contribution in [0.3, 0.4) is 0 Å². The summed E-state index contributed by atoms with van der Waals surface area (Å²) in [7, 11) is -9.54. The summed E-state index contributed by atoms with van der Waals surface area (Å²) in [5.41, 5.74) is 1.78.